The quantitative estimate of drug-likeness (QED) is 0.205. The van der Waals surface area contributed by atoms with E-state index in [0.29, 0.717) is 5.92 Å². The molecular weight excluding hydrogens is 432 g/mol. The molecule has 1 aliphatic carbocycles. The molecule has 3 rings (SSSR count). The van der Waals surface area contributed by atoms with E-state index < -0.39 is 0 Å². The Hall–Kier alpha value is -1.06. The Balaban J connectivity index is 1.22. The first-order chi connectivity index (χ1) is 17.3. The van der Waals surface area contributed by atoms with Crippen LogP contribution in [0.3, 0.4) is 0 Å². The number of ether oxygens (including phenoxy) is 3. The van der Waals surface area contributed by atoms with E-state index in [2.05, 4.69) is 38.1 Å². The molecule has 1 aromatic rings. The summed E-state index contributed by atoms with van der Waals surface area (Å²) in [5, 5.41) is 0. The monoisotopic (exact) mass is 486 g/mol. The van der Waals surface area contributed by atoms with E-state index in [1.165, 1.54) is 109 Å². The van der Waals surface area contributed by atoms with Crippen molar-refractivity contribution in [2.45, 2.75) is 129 Å². The third-order valence-corrected chi connectivity index (χ3v) is 8.29. The molecule has 0 radical (unpaired) electrons. The molecule has 1 heterocycles. The van der Waals surface area contributed by atoms with E-state index in [4.69, 9.17) is 14.2 Å². The van der Waals surface area contributed by atoms with E-state index in [-0.39, 0.29) is 6.29 Å². The summed E-state index contributed by atoms with van der Waals surface area (Å²) in [6.45, 7) is 7.02. The van der Waals surface area contributed by atoms with Crippen LogP contribution in [0.1, 0.15) is 135 Å². The van der Waals surface area contributed by atoms with Crippen molar-refractivity contribution in [1.82, 2.24) is 0 Å². The van der Waals surface area contributed by atoms with Gasteiger partial charge in [0.1, 0.15) is 5.75 Å². The first-order valence-electron chi connectivity index (χ1n) is 15.2. The molecule has 0 aromatic heterocycles. The molecule has 3 heteroatoms. The molecule has 0 atom stereocenters. The highest BCUT2D eigenvalue weighted by Gasteiger charge is 2.23. The number of hydrogen-bond donors (Lipinski definition) is 0. The van der Waals surface area contributed by atoms with Crippen LogP contribution in [0.5, 0.6) is 5.75 Å². The Labute approximate surface area is 216 Å². The molecule has 1 saturated carbocycles. The molecule has 2 aliphatic rings. The summed E-state index contributed by atoms with van der Waals surface area (Å²) in [7, 11) is 0. The maximum absolute atomic E-state index is 6.05. The van der Waals surface area contributed by atoms with Gasteiger partial charge < -0.3 is 14.2 Å². The Morgan fingerprint density at radius 1 is 0.629 bits per heavy atom. The third-order valence-electron chi connectivity index (χ3n) is 8.29. The van der Waals surface area contributed by atoms with Crippen LogP contribution in [-0.2, 0) is 9.47 Å². The van der Waals surface area contributed by atoms with Gasteiger partial charge in [-0.1, -0.05) is 116 Å². The predicted octanol–water partition coefficient (Wildman–Crippen LogP) is 9.64. The summed E-state index contributed by atoms with van der Waals surface area (Å²) < 4.78 is 18.1. The Morgan fingerprint density at radius 2 is 1.14 bits per heavy atom. The minimum Gasteiger partial charge on any atom is -0.494 e. The highest BCUT2D eigenvalue weighted by Crippen LogP contribution is 2.34. The van der Waals surface area contributed by atoms with Crippen LogP contribution >= 0.6 is 0 Å². The zero-order valence-electron chi connectivity index (χ0n) is 23.0. The molecule has 0 amide bonds. The maximum Gasteiger partial charge on any atom is 0.183 e. The van der Waals surface area contributed by atoms with Crippen molar-refractivity contribution in [3.8, 4) is 5.75 Å². The predicted molar refractivity (Wildman–Crippen MR) is 147 cm³/mol. The number of hydrogen-bond acceptors (Lipinski definition) is 3. The van der Waals surface area contributed by atoms with Crippen LogP contribution in [0.15, 0.2) is 24.3 Å². The van der Waals surface area contributed by atoms with Crippen molar-refractivity contribution in [2.24, 2.45) is 17.8 Å². The average molecular weight is 487 g/mol. The lowest BCUT2D eigenvalue weighted by molar-refractivity contribution is -0.206. The lowest BCUT2D eigenvalue weighted by Gasteiger charge is -2.29. The topological polar surface area (TPSA) is 27.7 Å². The molecule has 1 aromatic carbocycles. The molecular formula is C32H54O3. The van der Waals surface area contributed by atoms with Gasteiger partial charge in [0.2, 0.25) is 0 Å². The van der Waals surface area contributed by atoms with Gasteiger partial charge in [-0.3, -0.25) is 0 Å². The second-order valence-corrected chi connectivity index (χ2v) is 11.4. The lowest BCUT2D eigenvalue weighted by atomic mass is 9.78. The Morgan fingerprint density at radius 3 is 1.74 bits per heavy atom. The van der Waals surface area contributed by atoms with Crippen LogP contribution in [0.25, 0.3) is 0 Å². The second kappa shape index (κ2) is 17.4. The van der Waals surface area contributed by atoms with Gasteiger partial charge >= 0.3 is 0 Å². The van der Waals surface area contributed by atoms with Crippen LogP contribution in [0.4, 0.5) is 0 Å². The molecule has 200 valence electrons. The zero-order chi connectivity index (χ0) is 24.6. The molecule has 35 heavy (non-hydrogen) atoms. The fourth-order valence-electron chi connectivity index (χ4n) is 5.89. The molecule has 2 fully saturated rings. The third kappa shape index (κ3) is 11.3. The van der Waals surface area contributed by atoms with Crippen molar-refractivity contribution in [3.05, 3.63) is 29.8 Å². The average Bonchev–Trinajstić information content (AvgIpc) is 2.90. The SMILES string of the molecule is CCCCCCC[C@H]1CC[C@H](CCCOc2ccc([C@H]3OC[C@H](CCCCCC)CO3)cc2)CC1. The molecule has 0 spiro atoms. The van der Waals surface area contributed by atoms with Gasteiger partial charge in [0.05, 0.1) is 19.8 Å². The zero-order valence-corrected chi connectivity index (χ0v) is 23.0. The maximum atomic E-state index is 6.05. The van der Waals surface area contributed by atoms with E-state index >= 15 is 0 Å². The Bertz CT molecular complexity index is 627. The summed E-state index contributed by atoms with van der Waals surface area (Å²) >= 11 is 0. The minimum absolute atomic E-state index is 0.220. The Kier molecular flexibility index (Phi) is 14.2. The van der Waals surface area contributed by atoms with Gasteiger partial charge in [-0.05, 0) is 43.2 Å². The highest BCUT2D eigenvalue weighted by atomic mass is 16.7. The summed E-state index contributed by atoms with van der Waals surface area (Å²) in [6.07, 6.45) is 23.2. The molecule has 1 aliphatic heterocycles. The summed E-state index contributed by atoms with van der Waals surface area (Å²) in [6, 6.07) is 8.35. The minimum atomic E-state index is -0.220. The van der Waals surface area contributed by atoms with Crippen LogP contribution in [0.2, 0.25) is 0 Å². The molecule has 0 N–H and O–H groups in total. The van der Waals surface area contributed by atoms with Crippen LogP contribution < -0.4 is 4.74 Å². The van der Waals surface area contributed by atoms with Crippen molar-refractivity contribution in [2.75, 3.05) is 19.8 Å². The van der Waals surface area contributed by atoms with Gasteiger partial charge in [0, 0.05) is 11.5 Å². The largest absolute Gasteiger partial charge is 0.494 e. The number of benzene rings is 1. The molecule has 3 nitrogen and oxygen atoms in total. The van der Waals surface area contributed by atoms with E-state index in [9.17, 15) is 0 Å². The second-order valence-electron chi connectivity index (χ2n) is 11.4. The van der Waals surface area contributed by atoms with Crippen molar-refractivity contribution in [3.63, 3.8) is 0 Å². The first-order valence-corrected chi connectivity index (χ1v) is 15.2. The summed E-state index contributed by atoms with van der Waals surface area (Å²) in [5.74, 6) is 3.45. The standard InChI is InChI=1S/C32H54O3/c1-3-5-7-9-11-13-27-16-18-28(19-17-27)15-12-24-33-31-22-20-30(21-23-31)32-34-25-29(26-35-32)14-10-8-6-4-2/h20-23,27-29,32H,3-19,24-26H2,1-2H3/t27-,28-,29-,32-. The molecule has 0 unspecified atom stereocenters. The first kappa shape index (κ1) is 28.5. The van der Waals surface area contributed by atoms with Crippen molar-refractivity contribution >= 4 is 0 Å². The lowest BCUT2D eigenvalue weighted by Crippen LogP contribution is -2.27. The smallest absolute Gasteiger partial charge is 0.183 e. The normalized spacial score (nSPS) is 25.0. The number of rotatable bonds is 17. The summed E-state index contributed by atoms with van der Waals surface area (Å²) in [5.41, 5.74) is 1.10. The van der Waals surface area contributed by atoms with Gasteiger partial charge in [-0.15, -0.1) is 0 Å². The highest BCUT2D eigenvalue weighted by molar-refractivity contribution is 5.28. The summed E-state index contributed by atoms with van der Waals surface area (Å²) in [4.78, 5) is 0. The fraction of sp³-hybridized carbons (Fsp3) is 0.812. The van der Waals surface area contributed by atoms with Gasteiger partial charge in [0.25, 0.3) is 0 Å². The number of unbranched alkanes of at least 4 members (excludes halogenated alkanes) is 7. The van der Waals surface area contributed by atoms with E-state index in [1.807, 2.05) is 0 Å². The van der Waals surface area contributed by atoms with Gasteiger partial charge in [0.15, 0.2) is 6.29 Å². The van der Waals surface area contributed by atoms with Crippen molar-refractivity contribution in [1.29, 1.82) is 0 Å². The van der Waals surface area contributed by atoms with E-state index in [1.54, 1.807) is 0 Å². The van der Waals surface area contributed by atoms with Crippen LogP contribution in [0, 0.1) is 17.8 Å². The molecule has 0 bridgehead atoms. The van der Waals surface area contributed by atoms with Gasteiger partial charge in [-0.2, -0.15) is 0 Å². The van der Waals surface area contributed by atoms with Gasteiger partial charge in [-0.25, -0.2) is 0 Å². The van der Waals surface area contributed by atoms with E-state index in [0.717, 1.165) is 43.0 Å². The fourth-order valence-corrected chi connectivity index (χ4v) is 5.89. The van der Waals surface area contributed by atoms with Crippen molar-refractivity contribution < 1.29 is 14.2 Å². The van der Waals surface area contributed by atoms with Crippen LogP contribution in [-0.4, -0.2) is 19.8 Å². The molecule has 1 saturated heterocycles.